The predicted molar refractivity (Wildman–Crippen MR) is 60.0 cm³/mol. The van der Waals surface area contributed by atoms with Gasteiger partial charge in [0.2, 0.25) is 5.89 Å². The molecule has 0 unspecified atom stereocenters. The van der Waals surface area contributed by atoms with Crippen LogP contribution in [0.15, 0.2) is 4.42 Å². The molecule has 2 aromatic rings. The van der Waals surface area contributed by atoms with Crippen LogP contribution < -0.4 is 5.73 Å². The van der Waals surface area contributed by atoms with Crippen molar-refractivity contribution in [3.63, 3.8) is 0 Å². The summed E-state index contributed by atoms with van der Waals surface area (Å²) < 4.78 is 9.40. The Bertz CT molecular complexity index is 464. The highest BCUT2D eigenvalue weighted by molar-refractivity contribution is 7.09. The van der Waals surface area contributed by atoms with Crippen LogP contribution in [-0.4, -0.2) is 26.3 Å². The molecule has 0 aliphatic carbocycles. The Balaban J connectivity index is 2.31. The van der Waals surface area contributed by atoms with E-state index >= 15 is 0 Å². The van der Waals surface area contributed by atoms with Crippen molar-refractivity contribution in [2.24, 2.45) is 5.73 Å². The number of hydrogen-bond donors (Lipinski definition) is 1. The van der Waals surface area contributed by atoms with Crippen molar-refractivity contribution in [1.29, 1.82) is 0 Å². The molecular weight excluding hydrogens is 226 g/mol. The number of nitrogens with two attached hydrogens (primary N) is 1. The Morgan fingerprint density at radius 3 is 2.81 bits per heavy atom. The van der Waals surface area contributed by atoms with Crippen LogP contribution in [0, 0.1) is 0 Å². The lowest BCUT2D eigenvalue weighted by atomic mass is 10.1. The molecule has 2 aromatic heterocycles. The third kappa shape index (κ3) is 2.10. The van der Waals surface area contributed by atoms with E-state index in [9.17, 15) is 0 Å². The molecular formula is C9H13N5OS. The largest absolute Gasteiger partial charge is 0.420 e. The van der Waals surface area contributed by atoms with Crippen molar-refractivity contribution >= 4 is 11.5 Å². The van der Waals surface area contributed by atoms with Gasteiger partial charge in [-0.1, -0.05) is 18.3 Å². The van der Waals surface area contributed by atoms with Gasteiger partial charge in [0.25, 0.3) is 5.89 Å². The predicted octanol–water partition coefficient (Wildman–Crippen LogP) is 1.21. The van der Waals surface area contributed by atoms with Crippen molar-refractivity contribution in [3.8, 4) is 10.8 Å². The van der Waals surface area contributed by atoms with Crippen LogP contribution in [0.1, 0.15) is 31.4 Å². The molecule has 7 heteroatoms. The monoisotopic (exact) mass is 239 g/mol. The molecule has 0 bridgehead atoms. The van der Waals surface area contributed by atoms with Crippen LogP contribution in [0.4, 0.5) is 0 Å². The van der Waals surface area contributed by atoms with E-state index < -0.39 is 0 Å². The summed E-state index contributed by atoms with van der Waals surface area (Å²) in [7, 11) is 0. The molecule has 0 radical (unpaired) electrons. The third-order valence-electron chi connectivity index (χ3n) is 2.08. The number of rotatable bonds is 4. The first-order valence-corrected chi connectivity index (χ1v) is 5.84. The smallest absolute Gasteiger partial charge is 0.261 e. The van der Waals surface area contributed by atoms with E-state index in [0.29, 0.717) is 30.7 Å². The zero-order chi connectivity index (χ0) is 11.5. The lowest BCUT2D eigenvalue weighted by molar-refractivity contribution is 0.507. The molecule has 0 atom stereocenters. The van der Waals surface area contributed by atoms with Gasteiger partial charge >= 0.3 is 0 Å². The standard InChI is InChI=1S/C9H13N5OS/c1-5(2)7-8(16-14-12-7)9-13-11-6(15-9)3-4-10/h5H,3-4,10H2,1-2H3. The summed E-state index contributed by atoms with van der Waals surface area (Å²) in [5, 5.41) is 12.0. The first kappa shape index (κ1) is 11.2. The van der Waals surface area contributed by atoms with Crippen LogP contribution in [-0.2, 0) is 6.42 Å². The van der Waals surface area contributed by atoms with Gasteiger partial charge in [0, 0.05) is 13.0 Å². The Kier molecular flexibility index (Phi) is 3.25. The van der Waals surface area contributed by atoms with Crippen molar-refractivity contribution in [3.05, 3.63) is 11.6 Å². The lowest BCUT2D eigenvalue weighted by Gasteiger charge is -1.99. The molecule has 2 rings (SSSR count). The highest BCUT2D eigenvalue weighted by Gasteiger charge is 2.18. The van der Waals surface area contributed by atoms with E-state index in [4.69, 9.17) is 10.2 Å². The molecule has 0 aliphatic rings. The van der Waals surface area contributed by atoms with Crippen molar-refractivity contribution in [2.45, 2.75) is 26.2 Å². The quantitative estimate of drug-likeness (QED) is 0.862. The zero-order valence-corrected chi connectivity index (χ0v) is 9.99. The number of nitrogens with zero attached hydrogens (tertiary/aromatic N) is 4. The van der Waals surface area contributed by atoms with Gasteiger partial charge in [-0.3, -0.25) is 0 Å². The first-order valence-electron chi connectivity index (χ1n) is 5.07. The summed E-state index contributed by atoms with van der Waals surface area (Å²) in [4.78, 5) is 0.853. The second-order valence-corrected chi connectivity index (χ2v) is 4.44. The first-order chi connectivity index (χ1) is 7.72. The molecule has 16 heavy (non-hydrogen) atoms. The molecule has 2 heterocycles. The second kappa shape index (κ2) is 4.67. The van der Waals surface area contributed by atoms with E-state index in [2.05, 4.69) is 33.6 Å². The van der Waals surface area contributed by atoms with E-state index in [1.54, 1.807) is 0 Å². The molecule has 86 valence electrons. The normalized spacial score (nSPS) is 11.2. The minimum Gasteiger partial charge on any atom is -0.420 e. The van der Waals surface area contributed by atoms with Crippen LogP contribution in [0.5, 0.6) is 0 Å². The molecule has 0 saturated heterocycles. The van der Waals surface area contributed by atoms with Gasteiger partial charge in [-0.2, -0.15) is 0 Å². The van der Waals surface area contributed by atoms with E-state index in [1.165, 1.54) is 11.5 Å². The average Bonchev–Trinajstić information content (AvgIpc) is 2.83. The SMILES string of the molecule is CC(C)c1nnsc1-c1nnc(CCN)o1. The zero-order valence-electron chi connectivity index (χ0n) is 9.17. The van der Waals surface area contributed by atoms with Gasteiger partial charge in [-0.25, -0.2) is 0 Å². The van der Waals surface area contributed by atoms with Crippen LogP contribution in [0.3, 0.4) is 0 Å². The fraction of sp³-hybridized carbons (Fsp3) is 0.556. The summed E-state index contributed by atoms with van der Waals surface area (Å²) >= 11 is 1.27. The maximum absolute atomic E-state index is 5.49. The highest BCUT2D eigenvalue weighted by Crippen LogP contribution is 2.29. The minimum absolute atomic E-state index is 0.290. The number of hydrogen-bond acceptors (Lipinski definition) is 7. The summed E-state index contributed by atoms with van der Waals surface area (Å²) in [5.41, 5.74) is 6.31. The van der Waals surface area contributed by atoms with Crippen LogP contribution >= 0.6 is 11.5 Å². The maximum Gasteiger partial charge on any atom is 0.261 e. The highest BCUT2D eigenvalue weighted by atomic mass is 32.1. The van der Waals surface area contributed by atoms with Crippen LogP contribution in [0.25, 0.3) is 10.8 Å². The lowest BCUT2D eigenvalue weighted by Crippen LogP contribution is -2.02. The van der Waals surface area contributed by atoms with Gasteiger partial charge in [-0.15, -0.1) is 15.3 Å². The van der Waals surface area contributed by atoms with E-state index in [0.717, 1.165) is 10.6 Å². The van der Waals surface area contributed by atoms with Gasteiger partial charge in [-0.05, 0) is 17.5 Å². The Hall–Kier alpha value is -1.34. The molecule has 0 saturated carbocycles. The van der Waals surface area contributed by atoms with Gasteiger partial charge in [0.05, 0.1) is 5.69 Å². The minimum atomic E-state index is 0.290. The summed E-state index contributed by atoms with van der Waals surface area (Å²) in [5.74, 6) is 1.33. The molecule has 0 fully saturated rings. The fourth-order valence-corrected chi connectivity index (χ4v) is 2.03. The Morgan fingerprint density at radius 2 is 2.12 bits per heavy atom. The van der Waals surface area contributed by atoms with E-state index in [1.807, 2.05) is 0 Å². The Labute approximate surface area is 97.0 Å². The summed E-state index contributed by atoms with van der Waals surface area (Å²) in [6.07, 6.45) is 0.593. The maximum atomic E-state index is 5.49. The molecule has 0 amide bonds. The molecule has 0 aromatic carbocycles. The van der Waals surface area contributed by atoms with E-state index in [-0.39, 0.29) is 0 Å². The van der Waals surface area contributed by atoms with Crippen molar-refractivity contribution in [1.82, 2.24) is 19.8 Å². The van der Waals surface area contributed by atoms with Gasteiger partial charge in [0.1, 0.15) is 4.88 Å². The van der Waals surface area contributed by atoms with Gasteiger partial charge < -0.3 is 10.2 Å². The summed E-state index contributed by atoms with van der Waals surface area (Å²) in [6.45, 7) is 4.61. The Morgan fingerprint density at radius 1 is 1.31 bits per heavy atom. The third-order valence-corrected chi connectivity index (χ3v) is 2.81. The number of aromatic nitrogens is 4. The topological polar surface area (TPSA) is 90.7 Å². The molecule has 0 aliphatic heterocycles. The molecule has 6 nitrogen and oxygen atoms in total. The van der Waals surface area contributed by atoms with Crippen molar-refractivity contribution in [2.75, 3.05) is 6.54 Å². The second-order valence-electron chi connectivity index (χ2n) is 3.68. The average molecular weight is 239 g/mol. The fourth-order valence-electron chi connectivity index (χ4n) is 1.29. The molecule has 0 spiro atoms. The summed E-state index contributed by atoms with van der Waals surface area (Å²) in [6, 6.07) is 0. The molecule has 2 N–H and O–H groups in total. The van der Waals surface area contributed by atoms with Gasteiger partial charge in [0.15, 0.2) is 0 Å². The van der Waals surface area contributed by atoms with Crippen LogP contribution in [0.2, 0.25) is 0 Å². The van der Waals surface area contributed by atoms with Crippen molar-refractivity contribution < 1.29 is 4.42 Å².